The number of anilines is 1. The molecule has 0 aliphatic carbocycles. The lowest BCUT2D eigenvalue weighted by atomic mass is 10.2. The van der Waals surface area contributed by atoms with E-state index >= 15 is 0 Å². The quantitative estimate of drug-likeness (QED) is 0.705. The normalized spacial score (nSPS) is 20.2. The SMILES string of the molecule is CCC(=O)N1CCc2cc(Br)cc(S(=O)(=O)N3CCCC3c3ccco3)c21. The summed E-state index contributed by atoms with van der Waals surface area (Å²) in [5, 5.41) is 0. The molecule has 1 unspecified atom stereocenters. The van der Waals surface area contributed by atoms with Gasteiger partial charge in [0.2, 0.25) is 15.9 Å². The first-order valence-corrected chi connectivity index (χ1v) is 11.3. The zero-order valence-corrected chi connectivity index (χ0v) is 17.4. The minimum absolute atomic E-state index is 0.0588. The monoisotopic (exact) mass is 452 g/mol. The third-order valence-corrected chi connectivity index (χ3v) is 7.64. The van der Waals surface area contributed by atoms with Crippen LogP contribution < -0.4 is 4.90 Å². The number of rotatable bonds is 4. The maximum Gasteiger partial charge on any atom is 0.245 e. The second-order valence-electron chi connectivity index (χ2n) is 6.85. The van der Waals surface area contributed by atoms with E-state index in [4.69, 9.17) is 4.42 Å². The van der Waals surface area contributed by atoms with Crippen molar-refractivity contribution in [3.63, 3.8) is 0 Å². The molecule has 0 saturated carbocycles. The third-order valence-electron chi connectivity index (χ3n) is 5.26. The molecule has 2 aliphatic heterocycles. The highest BCUT2D eigenvalue weighted by molar-refractivity contribution is 9.10. The Morgan fingerprint density at radius 3 is 2.85 bits per heavy atom. The highest BCUT2D eigenvalue weighted by Crippen LogP contribution is 2.43. The van der Waals surface area contributed by atoms with E-state index in [1.54, 1.807) is 30.2 Å². The van der Waals surface area contributed by atoms with E-state index in [9.17, 15) is 13.2 Å². The minimum atomic E-state index is -3.79. The standard InChI is InChI=1S/C19H21BrN2O4S/c1-2-18(23)21-9-7-13-11-14(20)12-17(19(13)21)27(24,25)22-8-3-5-15(22)16-6-4-10-26-16/h4,6,10-12,15H,2-3,5,7-9H2,1H3. The average molecular weight is 453 g/mol. The third kappa shape index (κ3) is 3.13. The zero-order valence-electron chi connectivity index (χ0n) is 15.0. The Labute approximate surface area is 167 Å². The topological polar surface area (TPSA) is 70.8 Å². The fourth-order valence-corrected chi connectivity index (χ4v) is 6.61. The van der Waals surface area contributed by atoms with Crippen molar-refractivity contribution in [2.24, 2.45) is 0 Å². The van der Waals surface area contributed by atoms with Crippen molar-refractivity contribution in [1.82, 2.24) is 4.31 Å². The molecule has 0 spiro atoms. The number of halogens is 1. The van der Waals surface area contributed by atoms with E-state index in [0.29, 0.717) is 41.9 Å². The fourth-order valence-electron chi connectivity index (χ4n) is 4.03. The molecule has 1 atom stereocenters. The maximum absolute atomic E-state index is 13.6. The summed E-state index contributed by atoms with van der Waals surface area (Å²) in [4.78, 5) is 14.2. The first kappa shape index (κ1) is 18.7. The zero-order chi connectivity index (χ0) is 19.2. The molecule has 4 rings (SSSR count). The summed E-state index contributed by atoms with van der Waals surface area (Å²) in [6, 6.07) is 6.81. The number of hydrogen-bond donors (Lipinski definition) is 0. The summed E-state index contributed by atoms with van der Waals surface area (Å²) >= 11 is 3.44. The van der Waals surface area contributed by atoms with Crippen LogP contribution in [0.2, 0.25) is 0 Å². The molecule has 1 aromatic heterocycles. The van der Waals surface area contributed by atoms with E-state index in [-0.39, 0.29) is 16.8 Å². The van der Waals surface area contributed by atoms with Crippen LogP contribution in [0.3, 0.4) is 0 Å². The molecular weight excluding hydrogens is 432 g/mol. The van der Waals surface area contributed by atoms with Crippen molar-refractivity contribution in [2.75, 3.05) is 18.0 Å². The van der Waals surface area contributed by atoms with Gasteiger partial charge in [0.25, 0.3) is 0 Å². The molecule has 2 aliphatic rings. The Morgan fingerprint density at radius 1 is 1.33 bits per heavy atom. The van der Waals surface area contributed by atoms with Crippen molar-refractivity contribution < 1.29 is 17.6 Å². The lowest BCUT2D eigenvalue weighted by molar-refractivity contribution is -0.118. The lowest BCUT2D eigenvalue weighted by Crippen LogP contribution is -2.33. The summed E-state index contributed by atoms with van der Waals surface area (Å²) in [5.74, 6) is 0.598. The van der Waals surface area contributed by atoms with E-state index in [1.807, 2.05) is 12.1 Å². The molecule has 1 saturated heterocycles. The van der Waals surface area contributed by atoms with Gasteiger partial charge in [0.1, 0.15) is 10.7 Å². The number of carbonyl (C=O) groups is 1. The molecule has 6 nitrogen and oxygen atoms in total. The number of fused-ring (bicyclic) bond motifs is 1. The number of amides is 1. The summed E-state index contributed by atoms with van der Waals surface area (Å²) in [6.45, 7) is 2.75. The van der Waals surface area contributed by atoms with Crippen LogP contribution in [0.1, 0.15) is 43.6 Å². The van der Waals surface area contributed by atoms with Gasteiger partial charge in [-0.1, -0.05) is 22.9 Å². The van der Waals surface area contributed by atoms with Gasteiger partial charge in [0.15, 0.2) is 0 Å². The van der Waals surface area contributed by atoms with Gasteiger partial charge in [-0.05, 0) is 49.1 Å². The van der Waals surface area contributed by atoms with Crippen LogP contribution in [-0.2, 0) is 21.2 Å². The molecule has 1 aromatic carbocycles. The smallest absolute Gasteiger partial charge is 0.245 e. The average Bonchev–Trinajstić information content (AvgIpc) is 3.38. The minimum Gasteiger partial charge on any atom is -0.468 e. The highest BCUT2D eigenvalue weighted by atomic mass is 79.9. The van der Waals surface area contributed by atoms with Gasteiger partial charge >= 0.3 is 0 Å². The number of benzene rings is 1. The molecule has 3 heterocycles. The Hall–Kier alpha value is -1.64. The molecule has 0 bridgehead atoms. The molecule has 2 aromatic rings. The van der Waals surface area contributed by atoms with Gasteiger partial charge in [0, 0.05) is 24.0 Å². The van der Waals surface area contributed by atoms with Gasteiger partial charge in [-0.2, -0.15) is 4.31 Å². The van der Waals surface area contributed by atoms with E-state index in [1.165, 1.54) is 4.31 Å². The van der Waals surface area contributed by atoms with Crippen LogP contribution in [0.5, 0.6) is 0 Å². The summed E-state index contributed by atoms with van der Waals surface area (Å²) in [7, 11) is -3.79. The second-order valence-corrected chi connectivity index (χ2v) is 9.62. The number of hydrogen-bond acceptors (Lipinski definition) is 4. The van der Waals surface area contributed by atoms with Crippen LogP contribution in [0.4, 0.5) is 5.69 Å². The molecule has 8 heteroatoms. The Balaban J connectivity index is 1.82. The van der Waals surface area contributed by atoms with E-state index in [2.05, 4.69) is 15.9 Å². The van der Waals surface area contributed by atoms with Gasteiger partial charge in [-0.15, -0.1) is 0 Å². The first-order valence-electron chi connectivity index (χ1n) is 9.11. The predicted octanol–water partition coefficient (Wildman–Crippen LogP) is 3.87. The van der Waals surface area contributed by atoms with Gasteiger partial charge in [-0.25, -0.2) is 8.42 Å². The van der Waals surface area contributed by atoms with Crippen LogP contribution >= 0.6 is 15.9 Å². The van der Waals surface area contributed by atoms with Gasteiger partial charge in [0.05, 0.1) is 18.0 Å². The Kier molecular flexibility index (Phi) is 4.90. The van der Waals surface area contributed by atoms with Crippen LogP contribution in [-0.4, -0.2) is 31.7 Å². The number of nitrogens with zero attached hydrogens (tertiary/aromatic N) is 2. The molecular formula is C19H21BrN2O4S. The van der Waals surface area contributed by atoms with Gasteiger partial charge in [-0.3, -0.25) is 4.79 Å². The summed E-state index contributed by atoms with van der Waals surface area (Å²) < 4.78 is 35.0. The van der Waals surface area contributed by atoms with Crippen molar-refractivity contribution >= 4 is 37.5 Å². The summed E-state index contributed by atoms with van der Waals surface area (Å²) in [6.07, 6.45) is 4.06. The Bertz CT molecular complexity index is 972. The highest BCUT2D eigenvalue weighted by Gasteiger charge is 2.41. The number of furan rings is 1. The number of sulfonamides is 1. The molecule has 27 heavy (non-hydrogen) atoms. The molecule has 144 valence electrons. The van der Waals surface area contributed by atoms with Gasteiger partial charge < -0.3 is 9.32 Å². The van der Waals surface area contributed by atoms with Crippen molar-refractivity contribution in [2.45, 2.75) is 43.5 Å². The molecule has 0 radical (unpaired) electrons. The van der Waals surface area contributed by atoms with E-state index < -0.39 is 10.0 Å². The molecule has 1 amide bonds. The lowest BCUT2D eigenvalue weighted by Gasteiger charge is -2.26. The Morgan fingerprint density at radius 2 is 2.15 bits per heavy atom. The van der Waals surface area contributed by atoms with Crippen LogP contribution in [0.15, 0.2) is 44.3 Å². The maximum atomic E-state index is 13.6. The fraction of sp³-hybridized carbons (Fsp3) is 0.421. The van der Waals surface area contributed by atoms with Crippen LogP contribution in [0.25, 0.3) is 0 Å². The predicted molar refractivity (Wildman–Crippen MR) is 105 cm³/mol. The van der Waals surface area contributed by atoms with Crippen LogP contribution in [0, 0.1) is 0 Å². The largest absolute Gasteiger partial charge is 0.468 e. The molecule has 0 N–H and O–H groups in total. The second kappa shape index (κ2) is 7.07. The van der Waals surface area contributed by atoms with Crippen molar-refractivity contribution in [1.29, 1.82) is 0 Å². The first-order chi connectivity index (χ1) is 12.9. The number of carbonyl (C=O) groups excluding carboxylic acids is 1. The molecule has 1 fully saturated rings. The van der Waals surface area contributed by atoms with Crippen molar-refractivity contribution in [3.8, 4) is 0 Å². The summed E-state index contributed by atoms with van der Waals surface area (Å²) in [5.41, 5.74) is 1.42. The van der Waals surface area contributed by atoms with Crippen molar-refractivity contribution in [3.05, 3.63) is 46.3 Å². The van der Waals surface area contributed by atoms with E-state index in [0.717, 1.165) is 18.4 Å².